The Morgan fingerprint density at radius 1 is 1.50 bits per heavy atom. The molecule has 0 aromatic carbocycles. The van der Waals surface area contributed by atoms with Gasteiger partial charge in [-0.2, -0.15) is 0 Å². The van der Waals surface area contributed by atoms with E-state index in [9.17, 15) is 0 Å². The van der Waals surface area contributed by atoms with Crippen molar-refractivity contribution in [2.24, 2.45) is 5.73 Å². The quantitative estimate of drug-likeness (QED) is 0.753. The van der Waals surface area contributed by atoms with E-state index in [0.29, 0.717) is 6.54 Å². The van der Waals surface area contributed by atoms with E-state index in [1.165, 1.54) is 0 Å². The fraction of sp³-hybridized carbons (Fsp3) is 0.250. The Morgan fingerprint density at radius 3 is 3.25 bits per heavy atom. The molecule has 2 N–H and O–H groups in total. The van der Waals surface area contributed by atoms with E-state index in [0.717, 1.165) is 22.5 Å². The highest BCUT2D eigenvalue weighted by Crippen LogP contribution is 2.16. The Balaban J connectivity index is 2.46. The second-order valence-corrected chi connectivity index (χ2v) is 3.44. The molecule has 2 aromatic heterocycles. The molecule has 0 aliphatic rings. The lowest BCUT2D eigenvalue weighted by Crippen LogP contribution is -2.05. The number of nitrogens with zero attached hydrogens (tertiary/aromatic N) is 2. The summed E-state index contributed by atoms with van der Waals surface area (Å²) in [7, 11) is 0. The normalized spacial score (nSPS) is 10.8. The van der Waals surface area contributed by atoms with Gasteiger partial charge in [0.15, 0.2) is 0 Å². The maximum atomic E-state index is 5.40. The van der Waals surface area contributed by atoms with Gasteiger partial charge in [-0.1, -0.05) is 0 Å². The summed E-state index contributed by atoms with van der Waals surface area (Å²) < 4.78 is 1.13. The molecule has 0 saturated heterocycles. The Hall–Kier alpha value is -1.00. The first-order valence-electron chi connectivity index (χ1n) is 3.79. The van der Waals surface area contributed by atoms with E-state index in [1.54, 1.807) is 11.3 Å². The summed E-state index contributed by atoms with van der Waals surface area (Å²) in [5, 5.41) is 2.02. The highest BCUT2D eigenvalue weighted by atomic mass is 32.1. The number of thiophene rings is 1. The van der Waals surface area contributed by atoms with Crippen molar-refractivity contribution in [3.05, 3.63) is 23.5 Å². The predicted octanol–water partition coefficient (Wildman–Crippen LogP) is 1.19. The number of hydrogen-bond acceptors (Lipinski definition) is 4. The standard InChI is InChI=1S/C8H9N3S/c9-3-1-8-10-5-7-6(11-8)2-4-12-7/h2,4-5H,1,3,9H2. The fourth-order valence-corrected chi connectivity index (χ4v) is 1.75. The largest absolute Gasteiger partial charge is 0.330 e. The van der Waals surface area contributed by atoms with E-state index in [2.05, 4.69) is 9.97 Å². The van der Waals surface area contributed by atoms with Gasteiger partial charge in [0.25, 0.3) is 0 Å². The smallest absolute Gasteiger partial charge is 0.130 e. The first-order valence-corrected chi connectivity index (χ1v) is 4.67. The minimum atomic E-state index is 0.607. The van der Waals surface area contributed by atoms with Crippen LogP contribution in [-0.4, -0.2) is 16.5 Å². The van der Waals surface area contributed by atoms with Gasteiger partial charge >= 0.3 is 0 Å². The van der Waals surface area contributed by atoms with E-state index in [1.807, 2.05) is 17.6 Å². The van der Waals surface area contributed by atoms with Crippen LogP contribution in [0.1, 0.15) is 5.82 Å². The zero-order chi connectivity index (χ0) is 8.39. The van der Waals surface area contributed by atoms with Crippen LogP contribution in [0.3, 0.4) is 0 Å². The summed E-state index contributed by atoms with van der Waals surface area (Å²) in [4.78, 5) is 8.53. The molecule has 0 saturated carbocycles. The molecule has 0 bridgehead atoms. The van der Waals surface area contributed by atoms with Gasteiger partial charge in [0.05, 0.1) is 10.2 Å². The third-order valence-corrected chi connectivity index (χ3v) is 2.46. The lowest BCUT2D eigenvalue weighted by molar-refractivity contribution is 0.880. The van der Waals surface area contributed by atoms with Crippen molar-refractivity contribution in [2.45, 2.75) is 6.42 Å². The predicted molar refractivity (Wildman–Crippen MR) is 50.2 cm³/mol. The van der Waals surface area contributed by atoms with Gasteiger partial charge in [0, 0.05) is 12.6 Å². The Bertz CT molecular complexity index is 382. The number of hydrogen-bond donors (Lipinski definition) is 1. The number of nitrogens with two attached hydrogens (primary N) is 1. The molecule has 4 heteroatoms. The van der Waals surface area contributed by atoms with Crippen molar-refractivity contribution in [1.29, 1.82) is 0 Å². The van der Waals surface area contributed by atoms with Gasteiger partial charge in [0.1, 0.15) is 5.82 Å². The maximum absolute atomic E-state index is 5.40. The molecule has 0 fully saturated rings. The van der Waals surface area contributed by atoms with Crippen LogP contribution in [0.5, 0.6) is 0 Å². The molecule has 2 aromatic rings. The lowest BCUT2D eigenvalue weighted by Gasteiger charge is -1.95. The molecular weight excluding hydrogens is 170 g/mol. The number of fused-ring (bicyclic) bond motifs is 1. The first kappa shape index (κ1) is 7.64. The second kappa shape index (κ2) is 3.16. The van der Waals surface area contributed by atoms with Crippen LogP contribution in [-0.2, 0) is 6.42 Å². The van der Waals surface area contributed by atoms with Crippen molar-refractivity contribution in [1.82, 2.24) is 9.97 Å². The minimum absolute atomic E-state index is 0.607. The first-order chi connectivity index (χ1) is 5.90. The van der Waals surface area contributed by atoms with Gasteiger partial charge in [-0.05, 0) is 18.0 Å². The van der Waals surface area contributed by atoms with Crippen LogP contribution in [0.2, 0.25) is 0 Å². The summed E-state index contributed by atoms with van der Waals surface area (Å²) in [6.07, 6.45) is 2.61. The molecule has 0 atom stereocenters. The number of rotatable bonds is 2. The van der Waals surface area contributed by atoms with E-state index < -0.39 is 0 Å². The zero-order valence-corrected chi connectivity index (χ0v) is 7.34. The molecule has 62 valence electrons. The summed E-state index contributed by atoms with van der Waals surface area (Å²) in [6.45, 7) is 0.607. The van der Waals surface area contributed by atoms with Gasteiger partial charge in [-0.3, -0.25) is 0 Å². The maximum Gasteiger partial charge on any atom is 0.130 e. The topological polar surface area (TPSA) is 51.8 Å². The highest BCUT2D eigenvalue weighted by Gasteiger charge is 1.98. The molecule has 0 aliphatic carbocycles. The Kier molecular flexibility index (Phi) is 2.01. The van der Waals surface area contributed by atoms with E-state index in [-0.39, 0.29) is 0 Å². The van der Waals surface area contributed by atoms with E-state index in [4.69, 9.17) is 5.73 Å². The third-order valence-electron chi connectivity index (χ3n) is 1.62. The summed E-state index contributed by atoms with van der Waals surface area (Å²) in [6, 6.07) is 2.00. The van der Waals surface area contributed by atoms with Crippen molar-refractivity contribution < 1.29 is 0 Å². The fourth-order valence-electron chi connectivity index (χ4n) is 1.05. The van der Waals surface area contributed by atoms with Crippen molar-refractivity contribution in [3.8, 4) is 0 Å². The van der Waals surface area contributed by atoms with Crippen LogP contribution in [0.25, 0.3) is 10.2 Å². The van der Waals surface area contributed by atoms with Gasteiger partial charge in [-0.15, -0.1) is 11.3 Å². The summed E-state index contributed by atoms with van der Waals surface area (Å²) in [5.41, 5.74) is 6.43. The molecular formula is C8H9N3S. The molecule has 2 rings (SSSR count). The molecule has 0 radical (unpaired) electrons. The zero-order valence-electron chi connectivity index (χ0n) is 6.53. The molecule has 0 amide bonds. The molecule has 3 nitrogen and oxygen atoms in total. The van der Waals surface area contributed by atoms with Crippen molar-refractivity contribution >= 4 is 21.6 Å². The van der Waals surface area contributed by atoms with Crippen molar-refractivity contribution in [2.75, 3.05) is 6.54 Å². The average Bonchev–Trinajstić information content (AvgIpc) is 2.51. The average molecular weight is 179 g/mol. The van der Waals surface area contributed by atoms with Crippen LogP contribution in [0.15, 0.2) is 17.6 Å². The second-order valence-electron chi connectivity index (χ2n) is 2.49. The summed E-state index contributed by atoms with van der Waals surface area (Å²) in [5.74, 6) is 0.836. The van der Waals surface area contributed by atoms with Gasteiger partial charge < -0.3 is 5.73 Å². The number of aromatic nitrogens is 2. The molecule has 0 aliphatic heterocycles. The van der Waals surface area contributed by atoms with Gasteiger partial charge in [-0.25, -0.2) is 9.97 Å². The van der Waals surface area contributed by atoms with Crippen LogP contribution >= 0.6 is 11.3 Å². The minimum Gasteiger partial charge on any atom is -0.330 e. The van der Waals surface area contributed by atoms with E-state index >= 15 is 0 Å². The van der Waals surface area contributed by atoms with Gasteiger partial charge in [0.2, 0.25) is 0 Å². The molecule has 2 heterocycles. The van der Waals surface area contributed by atoms with Crippen molar-refractivity contribution in [3.63, 3.8) is 0 Å². The Labute approximate surface area is 74.3 Å². The summed E-state index contributed by atoms with van der Waals surface area (Å²) >= 11 is 1.66. The van der Waals surface area contributed by atoms with Crippen LogP contribution in [0, 0.1) is 0 Å². The molecule has 12 heavy (non-hydrogen) atoms. The highest BCUT2D eigenvalue weighted by molar-refractivity contribution is 7.17. The Morgan fingerprint density at radius 2 is 2.42 bits per heavy atom. The van der Waals surface area contributed by atoms with Crippen LogP contribution in [0.4, 0.5) is 0 Å². The van der Waals surface area contributed by atoms with Crippen LogP contribution < -0.4 is 5.73 Å². The SMILES string of the molecule is NCCc1ncc2sccc2n1. The third kappa shape index (κ3) is 1.31. The molecule has 0 spiro atoms. The molecule has 0 unspecified atom stereocenters. The monoisotopic (exact) mass is 179 g/mol. The lowest BCUT2D eigenvalue weighted by atomic mass is 10.4.